The summed E-state index contributed by atoms with van der Waals surface area (Å²) in [7, 11) is 0. The van der Waals surface area contributed by atoms with Gasteiger partial charge in [0.05, 0.1) is 16.8 Å². The van der Waals surface area contributed by atoms with Crippen LogP contribution in [0.1, 0.15) is 0 Å². The van der Waals surface area contributed by atoms with Crippen molar-refractivity contribution >= 4 is 60.5 Å². The topological polar surface area (TPSA) is 16.4 Å². The maximum atomic E-state index is 6.93. The van der Waals surface area contributed by atoms with Gasteiger partial charge in [-0.05, 0) is 91.3 Å². The molecule has 58 heavy (non-hydrogen) atoms. The fraction of sp³-hybridized carbons (Fsp3) is 0. The molecule has 0 amide bonds. The third-order valence-electron chi connectivity index (χ3n) is 11.5. The second-order valence-corrected chi connectivity index (χ2v) is 14.8. The van der Waals surface area contributed by atoms with Gasteiger partial charge in [-0.2, -0.15) is 0 Å². The molecule has 0 N–H and O–H groups in total. The van der Waals surface area contributed by atoms with Crippen molar-refractivity contribution in [1.82, 2.24) is 0 Å². The largest absolute Gasteiger partial charge is 0.455 e. The van der Waals surface area contributed by atoms with E-state index in [-0.39, 0.29) is 0 Å². The van der Waals surface area contributed by atoms with Gasteiger partial charge in [0.15, 0.2) is 0 Å². The molecular formula is C56H37NO. The van der Waals surface area contributed by atoms with Crippen LogP contribution < -0.4 is 4.90 Å². The number of para-hydroxylation sites is 2. The minimum Gasteiger partial charge on any atom is -0.455 e. The van der Waals surface area contributed by atoms with Gasteiger partial charge >= 0.3 is 0 Å². The predicted molar refractivity (Wildman–Crippen MR) is 245 cm³/mol. The number of furan rings is 1. The Morgan fingerprint density at radius 2 is 0.862 bits per heavy atom. The van der Waals surface area contributed by atoms with E-state index in [1.807, 2.05) is 0 Å². The highest BCUT2D eigenvalue weighted by Crippen LogP contribution is 2.49. The fourth-order valence-electron chi connectivity index (χ4n) is 8.75. The molecule has 11 aromatic rings. The molecule has 0 bridgehead atoms. The van der Waals surface area contributed by atoms with Crippen molar-refractivity contribution in [2.24, 2.45) is 0 Å². The van der Waals surface area contributed by atoms with Crippen molar-refractivity contribution in [2.45, 2.75) is 0 Å². The van der Waals surface area contributed by atoms with Crippen molar-refractivity contribution in [3.63, 3.8) is 0 Å². The molecule has 1 aromatic heterocycles. The number of anilines is 3. The third-order valence-corrected chi connectivity index (χ3v) is 11.5. The second-order valence-electron chi connectivity index (χ2n) is 14.8. The zero-order valence-corrected chi connectivity index (χ0v) is 31.7. The Hall–Kier alpha value is -7.68. The SMILES string of the molecule is c1ccc(-c2ccc(-c3ccccc3N(c3cccc(-c4cccc5ccccc45)c3)c3ccc(-c4cccc5ccccc45)c4oc5ccccc5c34)cc2)cc1. The smallest absolute Gasteiger partial charge is 0.145 e. The second kappa shape index (κ2) is 14.1. The van der Waals surface area contributed by atoms with Crippen molar-refractivity contribution in [3.05, 3.63) is 224 Å². The van der Waals surface area contributed by atoms with E-state index >= 15 is 0 Å². The molecule has 0 unspecified atom stereocenters. The van der Waals surface area contributed by atoms with Gasteiger partial charge in [-0.1, -0.05) is 188 Å². The summed E-state index contributed by atoms with van der Waals surface area (Å²) in [5.41, 5.74) is 14.2. The Bertz CT molecular complexity index is 3270. The van der Waals surface area contributed by atoms with Crippen LogP contribution in [-0.2, 0) is 0 Å². The third kappa shape index (κ3) is 5.74. The van der Waals surface area contributed by atoms with Crippen LogP contribution in [0.25, 0.3) is 88.0 Å². The Morgan fingerprint density at radius 1 is 0.310 bits per heavy atom. The Labute approximate surface area is 337 Å². The lowest BCUT2D eigenvalue weighted by atomic mass is 9.94. The van der Waals surface area contributed by atoms with E-state index in [0.717, 1.165) is 66.8 Å². The molecule has 0 atom stereocenters. The van der Waals surface area contributed by atoms with Gasteiger partial charge in [-0.15, -0.1) is 0 Å². The molecule has 0 aliphatic carbocycles. The highest BCUT2D eigenvalue weighted by molar-refractivity contribution is 6.19. The van der Waals surface area contributed by atoms with Crippen LogP contribution in [0.4, 0.5) is 17.1 Å². The van der Waals surface area contributed by atoms with Crippen LogP contribution in [0.15, 0.2) is 229 Å². The average molecular weight is 740 g/mol. The zero-order chi connectivity index (χ0) is 38.4. The van der Waals surface area contributed by atoms with Gasteiger partial charge in [0, 0.05) is 22.2 Å². The first kappa shape index (κ1) is 33.6. The predicted octanol–water partition coefficient (Wildman–Crippen LogP) is 16.0. The van der Waals surface area contributed by atoms with E-state index in [0.29, 0.717) is 0 Å². The molecule has 0 saturated heterocycles. The quantitative estimate of drug-likeness (QED) is 0.162. The molecule has 0 aliphatic heterocycles. The fourth-order valence-corrected chi connectivity index (χ4v) is 8.75. The lowest BCUT2D eigenvalue weighted by Crippen LogP contribution is -2.12. The highest BCUT2D eigenvalue weighted by Gasteiger charge is 2.25. The molecule has 0 saturated carbocycles. The van der Waals surface area contributed by atoms with Crippen LogP contribution in [0.5, 0.6) is 0 Å². The monoisotopic (exact) mass is 739 g/mol. The maximum absolute atomic E-state index is 6.93. The number of hydrogen-bond donors (Lipinski definition) is 0. The van der Waals surface area contributed by atoms with E-state index in [1.54, 1.807) is 0 Å². The maximum Gasteiger partial charge on any atom is 0.145 e. The van der Waals surface area contributed by atoms with E-state index in [2.05, 4.69) is 229 Å². The molecule has 10 aromatic carbocycles. The first-order valence-corrected chi connectivity index (χ1v) is 19.8. The molecule has 2 nitrogen and oxygen atoms in total. The summed E-state index contributed by atoms with van der Waals surface area (Å²) >= 11 is 0. The number of benzene rings is 10. The Kier molecular flexibility index (Phi) is 8.19. The van der Waals surface area contributed by atoms with Crippen LogP contribution >= 0.6 is 0 Å². The van der Waals surface area contributed by atoms with E-state index in [9.17, 15) is 0 Å². The molecule has 0 spiro atoms. The first-order valence-electron chi connectivity index (χ1n) is 19.8. The van der Waals surface area contributed by atoms with Crippen LogP contribution in [0.3, 0.4) is 0 Å². The van der Waals surface area contributed by atoms with E-state index < -0.39 is 0 Å². The molecule has 2 heteroatoms. The molecular weight excluding hydrogens is 703 g/mol. The van der Waals surface area contributed by atoms with Gasteiger partial charge in [0.2, 0.25) is 0 Å². The van der Waals surface area contributed by atoms with Gasteiger partial charge in [-0.25, -0.2) is 0 Å². The average Bonchev–Trinajstić information content (AvgIpc) is 3.70. The summed E-state index contributed by atoms with van der Waals surface area (Å²) in [5, 5.41) is 7.01. The summed E-state index contributed by atoms with van der Waals surface area (Å²) in [6.45, 7) is 0. The van der Waals surface area contributed by atoms with Crippen molar-refractivity contribution in [1.29, 1.82) is 0 Å². The minimum absolute atomic E-state index is 0.862. The molecule has 1 heterocycles. The van der Waals surface area contributed by atoms with Crippen LogP contribution in [0.2, 0.25) is 0 Å². The summed E-state index contributed by atoms with van der Waals surface area (Å²) in [6.07, 6.45) is 0. The highest BCUT2D eigenvalue weighted by atomic mass is 16.3. The number of nitrogens with zero attached hydrogens (tertiary/aromatic N) is 1. The lowest BCUT2D eigenvalue weighted by molar-refractivity contribution is 0.670. The lowest BCUT2D eigenvalue weighted by Gasteiger charge is -2.29. The molecule has 0 aliphatic rings. The Balaban J connectivity index is 1.17. The van der Waals surface area contributed by atoms with Gasteiger partial charge in [0.25, 0.3) is 0 Å². The van der Waals surface area contributed by atoms with Gasteiger partial charge in [0.1, 0.15) is 11.2 Å². The first-order chi connectivity index (χ1) is 28.8. The number of hydrogen-bond acceptors (Lipinski definition) is 2. The zero-order valence-electron chi connectivity index (χ0n) is 31.7. The normalized spacial score (nSPS) is 11.4. The minimum atomic E-state index is 0.862. The van der Waals surface area contributed by atoms with Gasteiger partial charge < -0.3 is 9.32 Å². The number of fused-ring (bicyclic) bond motifs is 5. The summed E-state index contributed by atoms with van der Waals surface area (Å²) in [5.74, 6) is 0. The van der Waals surface area contributed by atoms with E-state index in [4.69, 9.17) is 4.42 Å². The van der Waals surface area contributed by atoms with Crippen molar-refractivity contribution in [3.8, 4) is 44.5 Å². The summed E-state index contributed by atoms with van der Waals surface area (Å²) < 4.78 is 6.93. The number of rotatable bonds is 7. The van der Waals surface area contributed by atoms with Crippen molar-refractivity contribution in [2.75, 3.05) is 4.90 Å². The standard InChI is InChI=1S/C56H37NO/c1-2-15-38(16-3-1)39-31-33-42(34-32-39)48-25-8-10-29-52(48)57(44-22-12-21-43(37-44)47-27-13-19-40-17-4-6-23-45(40)47)53-36-35-50(49-28-14-20-41-18-5-7-24-46(41)49)56-55(53)51-26-9-11-30-54(51)58-56/h1-37H. The molecule has 0 fully saturated rings. The molecule has 0 radical (unpaired) electrons. The van der Waals surface area contributed by atoms with Crippen LogP contribution in [-0.4, -0.2) is 0 Å². The summed E-state index contributed by atoms with van der Waals surface area (Å²) in [4.78, 5) is 2.44. The van der Waals surface area contributed by atoms with Gasteiger partial charge in [-0.3, -0.25) is 0 Å². The Morgan fingerprint density at radius 3 is 1.66 bits per heavy atom. The van der Waals surface area contributed by atoms with Crippen LogP contribution in [0, 0.1) is 0 Å². The van der Waals surface area contributed by atoms with Crippen molar-refractivity contribution < 1.29 is 4.42 Å². The molecule has 11 rings (SSSR count). The van der Waals surface area contributed by atoms with E-state index in [1.165, 1.54) is 38.2 Å². The molecule has 272 valence electrons. The summed E-state index contributed by atoms with van der Waals surface area (Å²) in [6, 6.07) is 80.6.